The summed E-state index contributed by atoms with van der Waals surface area (Å²) in [7, 11) is 0. The minimum absolute atomic E-state index is 0.367. The van der Waals surface area contributed by atoms with Crippen molar-refractivity contribution in [1.82, 2.24) is 29.4 Å². The van der Waals surface area contributed by atoms with E-state index in [2.05, 4.69) is 20.4 Å². The van der Waals surface area contributed by atoms with Crippen molar-refractivity contribution in [3.63, 3.8) is 0 Å². The van der Waals surface area contributed by atoms with Gasteiger partial charge in [-0.1, -0.05) is 0 Å². The Morgan fingerprint density at radius 2 is 1.36 bits per heavy atom. The highest BCUT2D eigenvalue weighted by atomic mass is 16.2. The van der Waals surface area contributed by atoms with Gasteiger partial charge in [0.15, 0.2) is 11.3 Å². The number of hydrogen-bond acceptors (Lipinski definition) is 4. The first-order chi connectivity index (χ1) is 6.77. The van der Waals surface area contributed by atoms with Gasteiger partial charge in [-0.25, -0.2) is 19.8 Å². The Bertz CT molecular complexity index is 664. The molecule has 0 atom stereocenters. The van der Waals surface area contributed by atoms with Gasteiger partial charge in [-0.2, -0.15) is 19.2 Å². The highest BCUT2D eigenvalue weighted by molar-refractivity contribution is 5.44. The van der Waals surface area contributed by atoms with Crippen LogP contribution in [0.25, 0.3) is 11.3 Å². The second-order valence-corrected chi connectivity index (χ2v) is 2.73. The fourth-order valence-electron chi connectivity index (χ4n) is 1.36. The minimum atomic E-state index is -0.478. The first-order valence-electron chi connectivity index (χ1n) is 3.81. The maximum Gasteiger partial charge on any atom is 0.363 e. The molecule has 70 valence electrons. The summed E-state index contributed by atoms with van der Waals surface area (Å²) in [6, 6.07) is 3.18. The molecule has 0 saturated carbocycles. The van der Waals surface area contributed by atoms with Gasteiger partial charge >= 0.3 is 11.4 Å². The lowest BCUT2D eigenvalue weighted by Gasteiger charge is -1.92. The SMILES string of the molecule is O=c1[nH]nc2ccc3n[nH]c(=O)n3n12. The summed E-state index contributed by atoms with van der Waals surface area (Å²) in [6.07, 6.45) is 0. The van der Waals surface area contributed by atoms with Gasteiger partial charge in [0.1, 0.15) is 0 Å². The molecule has 3 aromatic rings. The molecule has 8 heteroatoms. The van der Waals surface area contributed by atoms with Crippen LogP contribution in [0.3, 0.4) is 0 Å². The Balaban J connectivity index is 2.85. The van der Waals surface area contributed by atoms with Crippen molar-refractivity contribution >= 4 is 11.3 Å². The van der Waals surface area contributed by atoms with Crippen LogP contribution in [0.5, 0.6) is 0 Å². The van der Waals surface area contributed by atoms with Crippen LogP contribution in [0, 0.1) is 0 Å². The van der Waals surface area contributed by atoms with Gasteiger partial charge in [0, 0.05) is 0 Å². The van der Waals surface area contributed by atoms with Crippen molar-refractivity contribution in [2.45, 2.75) is 0 Å². The first-order valence-corrected chi connectivity index (χ1v) is 3.81. The van der Waals surface area contributed by atoms with E-state index in [4.69, 9.17) is 0 Å². The molecule has 14 heavy (non-hydrogen) atoms. The van der Waals surface area contributed by atoms with Gasteiger partial charge in [0.05, 0.1) is 0 Å². The smallest absolute Gasteiger partial charge is 0.244 e. The number of rotatable bonds is 0. The summed E-state index contributed by atoms with van der Waals surface area (Å²) in [4.78, 5) is 22.6. The predicted molar refractivity (Wildman–Crippen MR) is 45.2 cm³/mol. The van der Waals surface area contributed by atoms with Gasteiger partial charge < -0.3 is 0 Å². The second-order valence-electron chi connectivity index (χ2n) is 2.73. The summed E-state index contributed by atoms with van der Waals surface area (Å²) in [5, 5.41) is 11.9. The van der Waals surface area contributed by atoms with E-state index in [1.54, 1.807) is 12.1 Å². The van der Waals surface area contributed by atoms with E-state index < -0.39 is 11.4 Å². The molecule has 0 bridgehead atoms. The van der Waals surface area contributed by atoms with E-state index in [9.17, 15) is 9.59 Å². The van der Waals surface area contributed by atoms with Crippen molar-refractivity contribution in [3.8, 4) is 0 Å². The molecule has 0 aliphatic rings. The molecule has 0 amide bonds. The van der Waals surface area contributed by atoms with Crippen LogP contribution in [0.2, 0.25) is 0 Å². The molecule has 3 aromatic heterocycles. The number of fused-ring (bicyclic) bond motifs is 3. The van der Waals surface area contributed by atoms with Crippen molar-refractivity contribution in [2.75, 3.05) is 0 Å². The average molecular weight is 192 g/mol. The molecule has 3 rings (SSSR count). The third kappa shape index (κ3) is 0.672. The Morgan fingerprint density at radius 1 is 0.929 bits per heavy atom. The summed E-state index contributed by atoms with van der Waals surface area (Å²) < 4.78 is 2.22. The van der Waals surface area contributed by atoms with Crippen LogP contribution in [0.4, 0.5) is 0 Å². The minimum Gasteiger partial charge on any atom is -0.244 e. The standard InChI is InChI=1S/C6H4N6O2/c13-5-9-7-3-1-2-4-8-10-6(14)12(4)11(3)5/h1-2H,(H,9,13)(H,10,14). The van der Waals surface area contributed by atoms with Crippen LogP contribution >= 0.6 is 0 Å². The molecule has 0 aliphatic heterocycles. The zero-order valence-electron chi connectivity index (χ0n) is 6.76. The fourth-order valence-corrected chi connectivity index (χ4v) is 1.36. The maximum atomic E-state index is 11.3. The third-order valence-electron chi connectivity index (χ3n) is 1.93. The fraction of sp³-hybridized carbons (Fsp3) is 0. The number of hydrogen-bond donors (Lipinski definition) is 2. The van der Waals surface area contributed by atoms with E-state index in [0.29, 0.717) is 11.3 Å². The molecule has 2 N–H and O–H groups in total. The van der Waals surface area contributed by atoms with Crippen LogP contribution < -0.4 is 11.4 Å². The quantitative estimate of drug-likeness (QED) is 0.446. The molecule has 3 heterocycles. The molecule has 0 fully saturated rings. The van der Waals surface area contributed by atoms with Crippen molar-refractivity contribution in [3.05, 3.63) is 33.1 Å². The highest BCUT2D eigenvalue weighted by Crippen LogP contribution is 1.97. The number of H-pyrrole nitrogens is 2. The third-order valence-corrected chi connectivity index (χ3v) is 1.93. The lowest BCUT2D eigenvalue weighted by molar-refractivity contribution is 0.779. The van der Waals surface area contributed by atoms with E-state index in [-0.39, 0.29) is 0 Å². The predicted octanol–water partition coefficient (Wildman–Crippen LogP) is -1.64. The zero-order valence-corrected chi connectivity index (χ0v) is 6.76. The van der Waals surface area contributed by atoms with Crippen molar-refractivity contribution in [1.29, 1.82) is 0 Å². The van der Waals surface area contributed by atoms with E-state index in [0.717, 1.165) is 9.03 Å². The Labute approximate surface area is 74.8 Å². The molecule has 0 aliphatic carbocycles. The molecule has 0 saturated heterocycles. The number of nitrogens with one attached hydrogen (secondary N) is 2. The number of aromatic amines is 2. The molecule has 0 radical (unpaired) electrons. The average Bonchev–Trinajstić information content (AvgIpc) is 2.72. The lowest BCUT2D eigenvalue weighted by atomic mass is 10.5. The van der Waals surface area contributed by atoms with Gasteiger partial charge in [-0.05, 0) is 12.1 Å². The largest absolute Gasteiger partial charge is 0.363 e. The summed E-state index contributed by atoms with van der Waals surface area (Å²) in [6.45, 7) is 0. The van der Waals surface area contributed by atoms with E-state index in [1.165, 1.54) is 0 Å². The monoisotopic (exact) mass is 192 g/mol. The van der Waals surface area contributed by atoms with Crippen molar-refractivity contribution in [2.24, 2.45) is 0 Å². The lowest BCUT2D eigenvalue weighted by Crippen LogP contribution is -2.23. The van der Waals surface area contributed by atoms with Crippen LogP contribution in [0.15, 0.2) is 21.7 Å². The second kappa shape index (κ2) is 2.10. The Kier molecular flexibility index (Phi) is 1.06. The van der Waals surface area contributed by atoms with Crippen LogP contribution in [-0.2, 0) is 0 Å². The van der Waals surface area contributed by atoms with Gasteiger partial charge in [-0.3, -0.25) is 0 Å². The summed E-state index contributed by atoms with van der Waals surface area (Å²) in [5.74, 6) is 0. The molecule has 8 nitrogen and oxygen atoms in total. The summed E-state index contributed by atoms with van der Waals surface area (Å²) >= 11 is 0. The zero-order chi connectivity index (χ0) is 9.71. The van der Waals surface area contributed by atoms with E-state index in [1.807, 2.05) is 0 Å². The van der Waals surface area contributed by atoms with Crippen molar-refractivity contribution < 1.29 is 0 Å². The molecular weight excluding hydrogens is 188 g/mol. The highest BCUT2D eigenvalue weighted by Gasteiger charge is 2.07. The Morgan fingerprint density at radius 3 is 1.79 bits per heavy atom. The summed E-state index contributed by atoms with van der Waals surface area (Å²) in [5.41, 5.74) is -0.222. The topological polar surface area (TPSA) is 100 Å². The normalized spacial score (nSPS) is 11.4. The van der Waals surface area contributed by atoms with Gasteiger partial charge in [-0.15, -0.1) is 0 Å². The van der Waals surface area contributed by atoms with Gasteiger partial charge in [0.2, 0.25) is 0 Å². The molecule has 0 aromatic carbocycles. The van der Waals surface area contributed by atoms with Gasteiger partial charge in [0.25, 0.3) is 0 Å². The van der Waals surface area contributed by atoms with E-state index >= 15 is 0 Å². The molecular formula is C6H4N6O2. The van der Waals surface area contributed by atoms with Crippen LogP contribution in [0.1, 0.15) is 0 Å². The molecule has 0 spiro atoms. The number of nitrogens with zero attached hydrogens (tertiary/aromatic N) is 4. The molecule has 0 unspecified atom stereocenters. The maximum absolute atomic E-state index is 11.3. The Hall–Kier alpha value is -2.38. The first kappa shape index (κ1) is 7.06. The number of aromatic nitrogens is 6. The van der Waals surface area contributed by atoms with Crippen LogP contribution in [-0.4, -0.2) is 29.4 Å².